The lowest BCUT2D eigenvalue weighted by molar-refractivity contribution is 0.239. The first-order chi connectivity index (χ1) is 7.56. The smallest absolute Gasteiger partial charge is 0.315 e. The van der Waals surface area contributed by atoms with E-state index in [4.69, 9.17) is 0 Å². The number of thiophene rings is 1. The molecule has 0 aliphatic heterocycles. The number of amides is 2. The van der Waals surface area contributed by atoms with Gasteiger partial charge in [-0.05, 0) is 22.4 Å². The van der Waals surface area contributed by atoms with E-state index in [0.717, 1.165) is 0 Å². The molecule has 2 N–H and O–H groups in total. The third kappa shape index (κ3) is 3.70. The van der Waals surface area contributed by atoms with Crippen molar-refractivity contribution in [3.05, 3.63) is 35.0 Å². The normalized spacial score (nSPS) is 10.9. The van der Waals surface area contributed by atoms with Crippen LogP contribution in [0.1, 0.15) is 19.4 Å². The molecule has 0 saturated carbocycles. The molecule has 4 heteroatoms. The van der Waals surface area contributed by atoms with Crippen LogP contribution in [0.15, 0.2) is 29.5 Å². The minimum absolute atomic E-state index is 0.0362. The fourth-order valence-corrected chi connectivity index (χ4v) is 2.13. The molecule has 1 rings (SSSR count). The number of hydrogen-bond acceptors (Lipinski definition) is 2. The molecule has 0 bridgehead atoms. The van der Waals surface area contributed by atoms with Crippen molar-refractivity contribution in [1.82, 2.24) is 10.6 Å². The van der Waals surface area contributed by atoms with Crippen molar-refractivity contribution >= 4 is 17.4 Å². The third-order valence-corrected chi connectivity index (χ3v) is 3.08. The van der Waals surface area contributed by atoms with Crippen molar-refractivity contribution in [3.8, 4) is 0 Å². The molecule has 0 atom stereocenters. The van der Waals surface area contributed by atoms with Gasteiger partial charge in [0, 0.05) is 18.5 Å². The molecule has 0 aromatic carbocycles. The average Bonchev–Trinajstić information content (AvgIpc) is 2.77. The van der Waals surface area contributed by atoms with Gasteiger partial charge in [-0.2, -0.15) is 11.3 Å². The van der Waals surface area contributed by atoms with E-state index in [1.165, 1.54) is 5.56 Å². The summed E-state index contributed by atoms with van der Waals surface area (Å²) in [5.41, 5.74) is 1.22. The molecule has 0 spiro atoms. The number of carbonyl (C=O) groups excluding carboxylic acids is 1. The van der Waals surface area contributed by atoms with Gasteiger partial charge in [0.15, 0.2) is 0 Å². The molecule has 0 aliphatic rings. The second-order valence-corrected chi connectivity index (χ2v) is 5.03. The molecule has 1 aromatic rings. The number of nitrogens with one attached hydrogen (secondary N) is 2. The van der Waals surface area contributed by atoms with Crippen molar-refractivity contribution in [3.63, 3.8) is 0 Å². The maximum absolute atomic E-state index is 11.4. The Kier molecular flexibility index (Phi) is 4.55. The first kappa shape index (κ1) is 12.8. The van der Waals surface area contributed by atoms with Crippen LogP contribution < -0.4 is 10.6 Å². The summed E-state index contributed by atoms with van der Waals surface area (Å²) in [6, 6.07) is 1.94. The first-order valence-corrected chi connectivity index (χ1v) is 6.16. The van der Waals surface area contributed by atoms with E-state index >= 15 is 0 Å². The zero-order valence-electron chi connectivity index (χ0n) is 9.75. The van der Waals surface area contributed by atoms with Crippen molar-refractivity contribution in [2.75, 3.05) is 13.1 Å². The number of carbonyl (C=O) groups is 1. The fraction of sp³-hybridized carbons (Fsp3) is 0.417. The predicted molar refractivity (Wildman–Crippen MR) is 68.9 cm³/mol. The summed E-state index contributed by atoms with van der Waals surface area (Å²) in [5, 5.41) is 9.70. The number of hydrogen-bond donors (Lipinski definition) is 2. The van der Waals surface area contributed by atoms with Gasteiger partial charge in [-0.25, -0.2) is 4.79 Å². The Balaban J connectivity index is 2.42. The largest absolute Gasteiger partial charge is 0.337 e. The molecule has 1 heterocycles. The molecule has 0 fully saturated rings. The molecule has 1 aromatic heterocycles. The van der Waals surface area contributed by atoms with Crippen LogP contribution in [0.25, 0.3) is 0 Å². The lowest BCUT2D eigenvalue weighted by atomic mass is 9.87. The van der Waals surface area contributed by atoms with Crippen LogP contribution in [0.5, 0.6) is 0 Å². The summed E-state index contributed by atoms with van der Waals surface area (Å²) in [6.07, 6.45) is 1.66. The van der Waals surface area contributed by atoms with Crippen molar-refractivity contribution in [1.29, 1.82) is 0 Å². The number of urea groups is 1. The van der Waals surface area contributed by atoms with E-state index in [9.17, 15) is 4.79 Å². The Morgan fingerprint density at radius 1 is 1.56 bits per heavy atom. The lowest BCUT2D eigenvalue weighted by Crippen LogP contribution is -2.42. The Morgan fingerprint density at radius 2 is 2.31 bits per heavy atom. The molecule has 2 amide bonds. The maximum Gasteiger partial charge on any atom is 0.315 e. The minimum atomic E-state index is -0.150. The van der Waals surface area contributed by atoms with Gasteiger partial charge >= 0.3 is 6.03 Å². The zero-order valence-corrected chi connectivity index (χ0v) is 10.6. The molecular weight excluding hydrogens is 220 g/mol. The van der Waals surface area contributed by atoms with Crippen LogP contribution in [0.3, 0.4) is 0 Å². The Morgan fingerprint density at radius 3 is 2.88 bits per heavy atom. The predicted octanol–water partition coefficient (Wildman–Crippen LogP) is 2.51. The molecule has 3 nitrogen and oxygen atoms in total. The highest BCUT2D eigenvalue weighted by atomic mass is 32.1. The van der Waals surface area contributed by atoms with Crippen LogP contribution in [0.2, 0.25) is 0 Å². The molecule has 0 aliphatic carbocycles. The molecule has 0 unspecified atom stereocenters. The topological polar surface area (TPSA) is 41.1 Å². The molecular formula is C12H18N2OS. The van der Waals surface area contributed by atoms with Gasteiger partial charge in [-0.1, -0.05) is 19.9 Å². The molecule has 88 valence electrons. The van der Waals surface area contributed by atoms with Gasteiger partial charge in [-0.3, -0.25) is 0 Å². The minimum Gasteiger partial charge on any atom is -0.337 e. The summed E-state index contributed by atoms with van der Waals surface area (Å²) in [5.74, 6) is 0. The van der Waals surface area contributed by atoms with Crippen LogP contribution in [-0.4, -0.2) is 19.1 Å². The molecule has 0 saturated heterocycles. The Hall–Kier alpha value is -1.29. The van der Waals surface area contributed by atoms with E-state index in [0.29, 0.717) is 13.1 Å². The summed E-state index contributed by atoms with van der Waals surface area (Å²) in [7, 11) is 0. The van der Waals surface area contributed by atoms with E-state index < -0.39 is 0 Å². The van der Waals surface area contributed by atoms with Crippen LogP contribution in [0.4, 0.5) is 4.79 Å². The SMILES string of the molecule is C=CCNC(=O)NCC(C)(C)c1ccsc1. The number of rotatable bonds is 5. The fourth-order valence-electron chi connectivity index (χ4n) is 1.28. The Bertz CT molecular complexity index is 344. The highest BCUT2D eigenvalue weighted by Gasteiger charge is 2.21. The average molecular weight is 238 g/mol. The van der Waals surface area contributed by atoms with Crippen LogP contribution in [0, 0.1) is 0 Å². The first-order valence-electron chi connectivity index (χ1n) is 5.21. The second kappa shape index (κ2) is 5.70. The van der Waals surface area contributed by atoms with Crippen LogP contribution >= 0.6 is 11.3 Å². The van der Waals surface area contributed by atoms with E-state index in [2.05, 4.69) is 47.9 Å². The van der Waals surface area contributed by atoms with E-state index in [-0.39, 0.29) is 11.4 Å². The van der Waals surface area contributed by atoms with E-state index in [1.54, 1.807) is 17.4 Å². The zero-order chi connectivity index (χ0) is 12.0. The van der Waals surface area contributed by atoms with Crippen molar-refractivity contribution in [2.45, 2.75) is 19.3 Å². The summed E-state index contributed by atoms with van der Waals surface area (Å²) in [4.78, 5) is 11.4. The molecule has 0 radical (unpaired) electrons. The standard InChI is InChI=1S/C12H18N2OS/c1-4-6-13-11(15)14-9-12(2,3)10-5-7-16-8-10/h4-5,7-8H,1,6,9H2,2-3H3,(H2,13,14,15). The van der Waals surface area contributed by atoms with Gasteiger partial charge < -0.3 is 10.6 Å². The third-order valence-electron chi connectivity index (χ3n) is 2.40. The van der Waals surface area contributed by atoms with Gasteiger partial charge in [0.1, 0.15) is 0 Å². The summed E-state index contributed by atoms with van der Waals surface area (Å²) >= 11 is 1.67. The summed E-state index contributed by atoms with van der Waals surface area (Å²) < 4.78 is 0. The highest BCUT2D eigenvalue weighted by molar-refractivity contribution is 7.08. The van der Waals surface area contributed by atoms with Crippen molar-refractivity contribution < 1.29 is 4.79 Å². The van der Waals surface area contributed by atoms with Crippen LogP contribution in [-0.2, 0) is 5.41 Å². The summed E-state index contributed by atoms with van der Waals surface area (Å²) in [6.45, 7) is 8.88. The Labute approximate surface area is 101 Å². The highest BCUT2D eigenvalue weighted by Crippen LogP contribution is 2.24. The molecule has 16 heavy (non-hydrogen) atoms. The quantitative estimate of drug-likeness (QED) is 0.760. The van der Waals surface area contributed by atoms with Gasteiger partial charge in [0.25, 0.3) is 0 Å². The van der Waals surface area contributed by atoms with Crippen molar-refractivity contribution in [2.24, 2.45) is 0 Å². The lowest BCUT2D eigenvalue weighted by Gasteiger charge is -2.24. The van der Waals surface area contributed by atoms with Gasteiger partial charge in [0.2, 0.25) is 0 Å². The second-order valence-electron chi connectivity index (χ2n) is 4.25. The van der Waals surface area contributed by atoms with E-state index in [1.807, 2.05) is 0 Å². The maximum atomic E-state index is 11.4. The van der Waals surface area contributed by atoms with Gasteiger partial charge in [0.05, 0.1) is 0 Å². The monoisotopic (exact) mass is 238 g/mol. The van der Waals surface area contributed by atoms with Gasteiger partial charge in [-0.15, -0.1) is 6.58 Å².